The van der Waals surface area contributed by atoms with Crippen LogP contribution in [0.1, 0.15) is 125 Å². The number of amides is 4. The molecule has 0 aromatic heterocycles. The number of nitrogens with zero attached hydrogens (tertiary/aromatic N) is 5. The number of Topliss-reactive ketones (excluding diaryl/α,β-unsaturated/α-hetero) is 2. The van der Waals surface area contributed by atoms with Gasteiger partial charge < -0.3 is 45.0 Å². The summed E-state index contributed by atoms with van der Waals surface area (Å²) in [6, 6.07) is -0.157. The minimum atomic E-state index is -2.91. The minimum Gasteiger partial charge on any atom is -0.469 e. The molecule has 0 fully saturated rings. The van der Waals surface area contributed by atoms with Gasteiger partial charge >= 0.3 is 12.0 Å². The van der Waals surface area contributed by atoms with Crippen molar-refractivity contribution in [1.29, 1.82) is 0 Å². The molecule has 37 heteroatoms. The number of urea groups is 1. The molecule has 0 saturated heterocycles. The lowest BCUT2D eigenvalue weighted by molar-refractivity contribution is -0.138. The van der Waals surface area contributed by atoms with Crippen molar-refractivity contribution >= 4 is 105 Å². The van der Waals surface area contributed by atoms with Gasteiger partial charge in [0.05, 0.1) is 25.9 Å². The van der Waals surface area contributed by atoms with Crippen LogP contribution in [0.2, 0.25) is 0 Å². The Morgan fingerprint density at radius 1 is 0.382 bits per heavy atom. The molecular weight excluding hydrogens is 1310 g/mol. The number of methoxy groups -OCH3 is 1. The molecule has 0 aromatic carbocycles. The maximum atomic E-state index is 10.3. The fourth-order valence-electron chi connectivity index (χ4n) is 0.125. The molecule has 0 rings (SSSR count). The van der Waals surface area contributed by atoms with Crippen LogP contribution < -0.4 is 20.7 Å². The lowest BCUT2D eigenvalue weighted by Crippen LogP contribution is -2.28. The van der Waals surface area contributed by atoms with Crippen molar-refractivity contribution in [2.45, 2.75) is 125 Å². The topological polar surface area (TPSA) is 415 Å². The third kappa shape index (κ3) is 662. The van der Waals surface area contributed by atoms with Crippen LogP contribution in [0.25, 0.3) is 0 Å². The number of ketones is 2. The summed E-state index contributed by atoms with van der Waals surface area (Å²) in [7, 11) is 9.50. The molecule has 0 aromatic rings. The molecule has 0 radical (unpaired) electrons. The molecule has 0 atom stereocenters. The largest absolute Gasteiger partial charge is 0.469 e. The second-order valence-corrected chi connectivity index (χ2v) is 34.2. The van der Waals surface area contributed by atoms with Crippen molar-refractivity contribution in [2.24, 2.45) is 0 Å². The van der Waals surface area contributed by atoms with E-state index in [9.17, 15) is 87.7 Å². The van der Waals surface area contributed by atoms with Crippen molar-refractivity contribution in [3.8, 4) is 0 Å². The third-order valence-corrected chi connectivity index (χ3v) is 9.96. The van der Waals surface area contributed by atoms with E-state index in [1.165, 1.54) is 121 Å². The van der Waals surface area contributed by atoms with Crippen LogP contribution >= 0.6 is 0 Å². The Labute approximate surface area is 550 Å². The Morgan fingerprint density at radius 2 is 0.472 bits per heavy atom. The fraction of sp³-hybridized carbons (Fsp3) is 0.885. The van der Waals surface area contributed by atoms with E-state index in [-0.39, 0.29) is 69.2 Å². The molecule has 0 aliphatic heterocycles. The van der Waals surface area contributed by atoms with Crippen LogP contribution in [-0.4, -0.2) is 305 Å². The van der Waals surface area contributed by atoms with Crippen LogP contribution in [0.15, 0.2) is 0 Å². The van der Waals surface area contributed by atoms with Crippen molar-refractivity contribution in [1.82, 2.24) is 44.0 Å². The normalized spacial score (nSPS) is 9.20. The van der Waals surface area contributed by atoms with Gasteiger partial charge in [0.15, 0.2) is 0 Å². The smallest absolute Gasteiger partial charge is 0.314 e. The average Bonchev–Trinajstić information content (AvgIpc) is 3.25. The summed E-state index contributed by atoms with van der Waals surface area (Å²) in [5, 5.41) is 7.12. The summed E-state index contributed by atoms with van der Waals surface area (Å²) in [4.78, 5) is 63.7. The lowest BCUT2D eigenvalue weighted by atomic mass is 10.6. The van der Waals surface area contributed by atoms with Crippen LogP contribution in [0.5, 0.6) is 0 Å². The first kappa shape index (κ1) is 142. The van der Waals surface area contributed by atoms with Crippen LogP contribution in [-0.2, 0) is 98.1 Å². The number of carbonyl (C=O) groups excluding carboxylic acids is 6. The number of rotatable bonds is 5. The Balaban J connectivity index is -0.0000000317. The van der Waals surface area contributed by atoms with Gasteiger partial charge in [-0.15, -0.1) is 0 Å². The third-order valence-electron chi connectivity index (χ3n) is 4.47. The Bertz CT molecular complexity index is 2140. The Morgan fingerprint density at radius 3 is 0.472 bits per heavy atom. The zero-order valence-electron chi connectivity index (χ0n) is 60.5. The standard InChI is InChI=1S/C4H9NO.C3H8N2O.2C3H9NO2S.C3H7NO.2C3H9N.2C3H8O2S.C3H6O2.2C3H6O.2C3H8.C2H7NO2S.2C2H6O2S.3CH4/c1-4(6)5(2)3;1-4-3(6)5-2;2*1-4(2)7(3,5)6;1-3(5)4-2;2*1-4(2)3;2*1-3-6(2,4)5;1-3(4)5-2;2*1-3(2)4;2*1-3-2;1-3-6(2,4)5;2*1-5(2,3)4;;;/h1-3H3;1-2H3,(H2,4,5,6);2*1-3H3;1-2H3,(H,4,5);2*1-3H3;2*3H2,1-2H3;1-2H3;2*1-2H3;2*3H2,1-2H3;3H,1-2H3;2*1-2H3;3*1H4. The van der Waals surface area contributed by atoms with Gasteiger partial charge in [0.25, 0.3) is 0 Å². The van der Waals surface area contributed by atoms with E-state index in [0.717, 1.165) is 52.4 Å². The molecule has 0 heterocycles. The van der Waals surface area contributed by atoms with Gasteiger partial charge in [-0.3, -0.25) is 14.4 Å². The predicted molar refractivity (Wildman–Crippen MR) is 383 cm³/mol. The number of ether oxygens (including phenoxy) is 1. The van der Waals surface area contributed by atoms with Crippen molar-refractivity contribution in [2.75, 3.05) is 188 Å². The zero-order chi connectivity index (χ0) is 75.2. The van der Waals surface area contributed by atoms with Gasteiger partial charge in [0.1, 0.15) is 50.9 Å². The molecule has 0 aliphatic carbocycles. The van der Waals surface area contributed by atoms with Crippen molar-refractivity contribution in [3.05, 3.63) is 0 Å². The molecule has 562 valence electrons. The minimum absolute atomic E-state index is 0. The zero-order valence-corrected chi connectivity index (χ0v) is 66.2. The Hall–Kier alpha value is -3.53. The van der Waals surface area contributed by atoms with Gasteiger partial charge in [-0.05, 0) is 77.0 Å². The highest BCUT2D eigenvalue weighted by Gasteiger charge is 2.01. The van der Waals surface area contributed by atoms with E-state index in [1.807, 2.05) is 52.1 Å². The second kappa shape index (κ2) is 90.9. The SMILES string of the molecule is C.C.C.CC(=O)N(C)C.CC(C)=O.CC(C)=O.CCC.CCC.CCS(C)(=O)=O.CCS(C)(=O)=O.CN(C)C.CN(C)C.CN(C)S(C)(=O)=O.CN(C)S(C)(=O)=O.CNC(=O)NC.CNC(C)=O.CNS(C)(=O)=O.COC(C)=O.CS(C)(=O)=O.CS(C)(=O)=O. The molecule has 0 aliphatic rings. The molecule has 89 heavy (non-hydrogen) atoms. The van der Waals surface area contributed by atoms with Gasteiger partial charge in [-0.1, -0.05) is 76.7 Å². The number of esters is 1. The molecular formula is C52H141N9O21S7. The molecule has 0 unspecified atom stereocenters. The van der Waals surface area contributed by atoms with Gasteiger partial charge in [-0.2, -0.15) is 0 Å². The second-order valence-electron chi connectivity index (χ2n) is 18.4. The van der Waals surface area contributed by atoms with Crippen LogP contribution in [0.4, 0.5) is 4.79 Å². The number of carbonyl (C=O) groups is 6. The summed E-state index contributed by atoms with van der Waals surface area (Å²) < 4.78 is 148. The summed E-state index contributed by atoms with van der Waals surface area (Å²) in [5.74, 6) is 0.671. The number of hydrogen-bond donors (Lipinski definition) is 4. The highest BCUT2D eigenvalue weighted by Crippen LogP contribution is 1.84. The van der Waals surface area contributed by atoms with Crippen molar-refractivity contribution in [3.63, 3.8) is 0 Å². The quantitative estimate of drug-likeness (QED) is 0.286. The van der Waals surface area contributed by atoms with E-state index in [1.54, 1.807) is 49.1 Å². The highest BCUT2D eigenvalue weighted by atomic mass is 32.2. The lowest BCUT2D eigenvalue weighted by Gasteiger charge is -2.02. The van der Waals surface area contributed by atoms with E-state index >= 15 is 0 Å². The maximum Gasteiger partial charge on any atom is 0.314 e. The van der Waals surface area contributed by atoms with Crippen LogP contribution in [0.3, 0.4) is 0 Å². The van der Waals surface area contributed by atoms with E-state index in [2.05, 4.69) is 53.1 Å². The Kier molecular flexibility index (Phi) is 145. The van der Waals surface area contributed by atoms with E-state index in [4.69, 9.17) is 0 Å². The van der Waals surface area contributed by atoms with Crippen LogP contribution in [0, 0.1) is 0 Å². The molecule has 4 amide bonds. The van der Waals surface area contributed by atoms with E-state index < -0.39 is 69.4 Å². The number of sulfonamides is 3. The molecule has 0 spiro atoms. The number of sulfone groups is 4. The highest BCUT2D eigenvalue weighted by molar-refractivity contribution is 7.91. The van der Waals surface area contributed by atoms with Gasteiger partial charge in [-0.25, -0.2) is 77.1 Å². The van der Waals surface area contributed by atoms with Gasteiger partial charge in [0.2, 0.25) is 41.9 Å². The molecule has 0 saturated carbocycles. The first-order valence-corrected chi connectivity index (χ1v) is 39.4. The number of hydrogen-bond acceptors (Lipinski definition) is 23. The molecule has 4 N–H and O–H groups in total. The average molecular weight is 1450 g/mol. The summed E-state index contributed by atoms with van der Waals surface area (Å²) in [5.41, 5.74) is 0. The summed E-state index contributed by atoms with van der Waals surface area (Å²) >= 11 is 0. The first-order chi connectivity index (χ1) is 37.3. The fourth-order valence-corrected chi connectivity index (χ4v) is 0.125. The van der Waals surface area contributed by atoms with Crippen molar-refractivity contribution < 1.29 is 92.4 Å². The summed E-state index contributed by atoms with van der Waals surface area (Å²) in [6.45, 7) is 22.2. The molecule has 0 bridgehead atoms. The number of nitrogens with one attached hydrogen (secondary N) is 4. The maximum absolute atomic E-state index is 10.3. The predicted octanol–water partition coefficient (Wildman–Crippen LogP) is 3.46. The summed E-state index contributed by atoms with van der Waals surface area (Å²) in [6.07, 6.45) is 13.0. The van der Waals surface area contributed by atoms with E-state index in [0.29, 0.717) is 0 Å². The monoisotopic (exact) mass is 1450 g/mol. The first-order valence-electron chi connectivity index (χ1n) is 25.1. The van der Waals surface area contributed by atoms with Gasteiger partial charge in [0, 0.05) is 133 Å². The molecule has 30 nitrogen and oxygen atoms in total.